The molecule has 0 amide bonds. The van der Waals surface area contributed by atoms with Crippen LogP contribution in [-0.2, 0) is 6.54 Å². The van der Waals surface area contributed by atoms with Gasteiger partial charge in [0.2, 0.25) is 0 Å². The van der Waals surface area contributed by atoms with Crippen molar-refractivity contribution in [1.82, 2.24) is 14.5 Å². The van der Waals surface area contributed by atoms with Gasteiger partial charge >= 0.3 is 0 Å². The molecule has 1 saturated heterocycles. The van der Waals surface area contributed by atoms with Crippen LogP contribution in [0.15, 0.2) is 48.9 Å². The van der Waals surface area contributed by atoms with Gasteiger partial charge in [-0.2, -0.15) is 5.26 Å². The summed E-state index contributed by atoms with van der Waals surface area (Å²) in [7, 11) is 0. The van der Waals surface area contributed by atoms with Gasteiger partial charge in [-0.15, -0.1) is 0 Å². The Labute approximate surface area is 181 Å². The van der Waals surface area contributed by atoms with Gasteiger partial charge in [-0.3, -0.25) is 4.90 Å². The molecule has 31 heavy (non-hydrogen) atoms. The van der Waals surface area contributed by atoms with E-state index < -0.39 is 0 Å². The Morgan fingerprint density at radius 3 is 2.87 bits per heavy atom. The smallest absolute Gasteiger partial charge is 0.145 e. The van der Waals surface area contributed by atoms with Gasteiger partial charge in [0, 0.05) is 55.6 Å². The number of fused-ring (bicyclic) bond motifs is 1. The van der Waals surface area contributed by atoms with Gasteiger partial charge in [0.25, 0.3) is 0 Å². The predicted octanol–water partition coefficient (Wildman–Crippen LogP) is 3.37. The van der Waals surface area contributed by atoms with Crippen LogP contribution in [0.25, 0.3) is 0 Å². The second kappa shape index (κ2) is 8.06. The van der Waals surface area contributed by atoms with Crippen molar-refractivity contribution in [3.63, 3.8) is 0 Å². The first-order valence-electron chi connectivity index (χ1n) is 10.5. The topological polar surface area (TPSA) is 89.3 Å². The Morgan fingerprint density at radius 2 is 2.13 bits per heavy atom. The zero-order valence-electron chi connectivity index (χ0n) is 17.5. The number of hydrogen-bond acceptors (Lipinski definition) is 6. The highest BCUT2D eigenvalue weighted by atomic mass is 16.5. The number of likely N-dealkylation sites (tertiary alicyclic amines) is 1. The van der Waals surface area contributed by atoms with E-state index in [2.05, 4.69) is 20.5 Å². The summed E-state index contributed by atoms with van der Waals surface area (Å²) in [6, 6.07) is 14.4. The first-order valence-corrected chi connectivity index (χ1v) is 10.5. The summed E-state index contributed by atoms with van der Waals surface area (Å²) in [6.07, 6.45) is 4.57. The number of nitrogens with two attached hydrogens (primary N) is 1. The van der Waals surface area contributed by atoms with E-state index in [1.165, 1.54) is 0 Å². The maximum absolute atomic E-state index is 9.58. The molecule has 0 spiro atoms. The molecule has 3 heterocycles. The zero-order valence-corrected chi connectivity index (χ0v) is 17.5. The van der Waals surface area contributed by atoms with E-state index in [4.69, 9.17) is 15.2 Å². The molecule has 2 N–H and O–H groups in total. The Morgan fingerprint density at radius 1 is 1.26 bits per heavy atom. The lowest BCUT2D eigenvalue weighted by Crippen LogP contribution is -2.57. The Bertz CT molecular complexity index is 1140. The summed E-state index contributed by atoms with van der Waals surface area (Å²) in [5.74, 6) is 2.15. The number of hydrogen-bond donors (Lipinski definition) is 1. The van der Waals surface area contributed by atoms with Crippen LogP contribution in [0.4, 0.5) is 0 Å². The molecule has 2 aliphatic heterocycles. The molecule has 158 valence electrons. The number of rotatable bonds is 5. The molecule has 1 atom stereocenters. The van der Waals surface area contributed by atoms with Gasteiger partial charge in [0.1, 0.15) is 23.3 Å². The Hall–Kier alpha value is -3.34. The van der Waals surface area contributed by atoms with Crippen LogP contribution in [0.3, 0.4) is 0 Å². The van der Waals surface area contributed by atoms with Gasteiger partial charge in [-0.1, -0.05) is 6.07 Å². The molecule has 1 unspecified atom stereocenters. The second-order valence-electron chi connectivity index (χ2n) is 8.27. The minimum absolute atomic E-state index is 0.255. The maximum atomic E-state index is 9.58. The normalized spacial score (nSPS) is 18.5. The van der Waals surface area contributed by atoms with Crippen LogP contribution in [0, 0.1) is 18.3 Å². The summed E-state index contributed by atoms with van der Waals surface area (Å²) in [5, 5.41) is 9.58. The van der Waals surface area contributed by atoms with Gasteiger partial charge in [0.05, 0.1) is 18.5 Å². The average Bonchev–Trinajstić information content (AvgIpc) is 3.16. The van der Waals surface area contributed by atoms with Crippen LogP contribution >= 0.6 is 0 Å². The molecular formula is C24H25N5O2. The fraction of sp³-hybridized carbons (Fsp3) is 0.333. The quantitative estimate of drug-likeness (QED) is 0.687. The van der Waals surface area contributed by atoms with E-state index in [1.54, 1.807) is 6.33 Å². The van der Waals surface area contributed by atoms with Crippen molar-refractivity contribution in [2.45, 2.75) is 32.0 Å². The summed E-state index contributed by atoms with van der Waals surface area (Å²) in [6.45, 7) is 5.21. The van der Waals surface area contributed by atoms with Crippen molar-refractivity contribution in [2.24, 2.45) is 5.73 Å². The Balaban J connectivity index is 1.42. The zero-order chi connectivity index (χ0) is 21.4. The van der Waals surface area contributed by atoms with Crippen LogP contribution in [0.2, 0.25) is 0 Å². The number of aryl methyl sites for hydroxylation is 1. The summed E-state index contributed by atoms with van der Waals surface area (Å²) < 4.78 is 14.1. The first-order chi connectivity index (χ1) is 15.1. The van der Waals surface area contributed by atoms with E-state index in [0.29, 0.717) is 30.2 Å². The lowest BCUT2D eigenvalue weighted by atomic mass is 9.94. The van der Waals surface area contributed by atoms with Crippen LogP contribution < -0.4 is 15.2 Å². The van der Waals surface area contributed by atoms with E-state index in [0.717, 1.165) is 42.1 Å². The van der Waals surface area contributed by atoms with Gasteiger partial charge in [-0.05, 0) is 42.8 Å². The van der Waals surface area contributed by atoms with Gasteiger partial charge in [-0.25, -0.2) is 4.98 Å². The van der Waals surface area contributed by atoms with Crippen molar-refractivity contribution in [3.8, 4) is 23.3 Å². The van der Waals surface area contributed by atoms with E-state index in [9.17, 15) is 5.26 Å². The van der Waals surface area contributed by atoms with Gasteiger partial charge < -0.3 is 19.8 Å². The van der Waals surface area contributed by atoms with Crippen molar-refractivity contribution in [1.29, 1.82) is 5.26 Å². The Kier molecular flexibility index (Phi) is 5.10. The fourth-order valence-electron chi connectivity index (χ4n) is 4.32. The number of nitriles is 1. The van der Waals surface area contributed by atoms with E-state index >= 15 is 0 Å². The molecule has 2 aromatic carbocycles. The molecule has 1 aromatic heterocycles. The van der Waals surface area contributed by atoms with E-state index in [-0.39, 0.29) is 12.1 Å². The number of benzene rings is 2. The van der Waals surface area contributed by atoms with Crippen molar-refractivity contribution in [3.05, 3.63) is 71.3 Å². The number of nitrogens with zero attached hydrogens (tertiary/aromatic N) is 4. The molecule has 3 aromatic rings. The molecule has 0 aliphatic carbocycles. The van der Waals surface area contributed by atoms with Gasteiger partial charge in [0.15, 0.2) is 0 Å². The predicted molar refractivity (Wildman–Crippen MR) is 116 cm³/mol. The highest BCUT2D eigenvalue weighted by Gasteiger charge is 2.34. The molecule has 0 saturated carbocycles. The second-order valence-corrected chi connectivity index (χ2v) is 8.27. The molecule has 7 nitrogen and oxygen atoms in total. The molecule has 5 rings (SSSR count). The van der Waals surface area contributed by atoms with Crippen molar-refractivity contribution < 1.29 is 9.47 Å². The number of ether oxygens (including phenoxy) is 2. The van der Waals surface area contributed by atoms with Crippen LogP contribution in [0.1, 0.15) is 34.8 Å². The van der Waals surface area contributed by atoms with Crippen LogP contribution in [0.5, 0.6) is 17.2 Å². The van der Waals surface area contributed by atoms with E-state index in [1.807, 2.05) is 49.5 Å². The van der Waals surface area contributed by atoms with Crippen LogP contribution in [-0.4, -0.2) is 40.2 Å². The third-order valence-electron chi connectivity index (χ3n) is 6.04. The third kappa shape index (κ3) is 3.88. The highest BCUT2D eigenvalue weighted by Crippen LogP contribution is 2.40. The minimum Gasteiger partial charge on any atom is -0.493 e. The average molecular weight is 415 g/mol. The monoisotopic (exact) mass is 415 g/mol. The molecule has 0 radical (unpaired) electrons. The molecule has 2 aliphatic rings. The maximum Gasteiger partial charge on any atom is 0.145 e. The molecule has 1 fully saturated rings. The standard InChI is InChI=1S/C24H25N5O2/c1-16-11-27-15-29(16)12-17-2-3-18(10-25)24(8-17)31-20-4-5-23-21(9-20)22(6-7-30-23)28-13-19(26)14-28/h2-5,8-9,11,15,19,22H,6-7,12-14,26H2,1H3. The highest BCUT2D eigenvalue weighted by molar-refractivity contribution is 5.50. The molecule has 7 heteroatoms. The first kappa shape index (κ1) is 19.6. The summed E-state index contributed by atoms with van der Waals surface area (Å²) in [5.41, 5.74) is 9.75. The summed E-state index contributed by atoms with van der Waals surface area (Å²) >= 11 is 0. The third-order valence-corrected chi connectivity index (χ3v) is 6.04. The lowest BCUT2D eigenvalue weighted by Gasteiger charge is -2.44. The SMILES string of the molecule is Cc1cncn1Cc1ccc(C#N)c(Oc2ccc3c(c2)C(N2CC(N)C2)CCO3)c1. The largest absolute Gasteiger partial charge is 0.493 e. The fourth-order valence-corrected chi connectivity index (χ4v) is 4.32. The molecule has 0 bridgehead atoms. The lowest BCUT2D eigenvalue weighted by molar-refractivity contribution is 0.0660. The minimum atomic E-state index is 0.255. The van der Waals surface area contributed by atoms with Crippen molar-refractivity contribution >= 4 is 0 Å². The summed E-state index contributed by atoms with van der Waals surface area (Å²) in [4.78, 5) is 6.57. The van der Waals surface area contributed by atoms with Crippen molar-refractivity contribution in [2.75, 3.05) is 19.7 Å². The number of imidazole rings is 1. The molecular weight excluding hydrogens is 390 g/mol. The number of aromatic nitrogens is 2.